The summed E-state index contributed by atoms with van der Waals surface area (Å²) in [7, 11) is 0. The zero-order chi connectivity index (χ0) is 15.2. The van der Waals surface area contributed by atoms with Gasteiger partial charge in [-0.1, -0.05) is 30.3 Å². The van der Waals surface area contributed by atoms with E-state index >= 15 is 0 Å². The van der Waals surface area contributed by atoms with E-state index in [0.29, 0.717) is 19.5 Å². The molecule has 1 rings (SSSR count). The van der Waals surface area contributed by atoms with Gasteiger partial charge in [-0.05, 0) is 39.7 Å². The van der Waals surface area contributed by atoms with E-state index in [1.165, 1.54) is 0 Å². The molecule has 0 radical (unpaired) electrons. The molecule has 112 valence electrons. The number of rotatable bonds is 5. The average molecular weight is 298 g/mol. The number of amides is 1. The fraction of sp³-hybridized carbons (Fsp3) is 0.562. The van der Waals surface area contributed by atoms with Crippen molar-refractivity contribution in [2.24, 2.45) is 0 Å². The zero-order valence-electron chi connectivity index (χ0n) is 12.7. The first-order valence-corrected chi connectivity index (χ1v) is 7.44. The summed E-state index contributed by atoms with van der Waals surface area (Å²) < 4.78 is 5.37. The van der Waals surface area contributed by atoms with E-state index in [0.717, 1.165) is 5.56 Å². The average Bonchev–Trinajstić information content (AvgIpc) is 2.38. The lowest BCUT2D eigenvalue weighted by Crippen LogP contribution is -2.37. The fourth-order valence-corrected chi connectivity index (χ4v) is 2.05. The molecule has 0 fully saturated rings. The number of alkyl halides is 1. The molecule has 20 heavy (non-hydrogen) atoms. The maximum absolute atomic E-state index is 12.0. The number of nitrogens with zero attached hydrogens (tertiary/aromatic N) is 1. The Kier molecular flexibility index (Phi) is 6.34. The highest BCUT2D eigenvalue weighted by Gasteiger charge is 2.21. The standard InChI is InChI=1S/C16H24ClNO2/c1-5-18(15(19)20-16(2,3)4)12-11-14(17)13-9-7-6-8-10-13/h6-10,14H,5,11-12H2,1-4H3. The van der Waals surface area contributed by atoms with E-state index in [-0.39, 0.29) is 11.5 Å². The van der Waals surface area contributed by atoms with Gasteiger partial charge in [-0.15, -0.1) is 11.6 Å². The molecule has 0 N–H and O–H groups in total. The molecule has 0 aromatic heterocycles. The van der Waals surface area contributed by atoms with Crippen molar-refractivity contribution in [3.05, 3.63) is 35.9 Å². The highest BCUT2D eigenvalue weighted by atomic mass is 35.5. The second-order valence-corrected chi connectivity index (χ2v) is 6.25. The lowest BCUT2D eigenvalue weighted by atomic mass is 10.1. The van der Waals surface area contributed by atoms with Crippen LogP contribution in [0.25, 0.3) is 0 Å². The van der Waals surface area contributed by atoms with Crippen LogP contribution < -0.4 is 0 Å². The normalized spacial score (nSPS) is 12.8. The van der Waals surface area contributed by atoms with Crippen LogP contribution in [0.2, 0.25) is 0 Å². The van der Waals surface area contributed by atoms with Crippen molar-refractivity contribution >= 4 is 17.7 Å². The molecule has 0 aliphatic carbocycles. The van der Waals surface area contributed by atoms with E-state index in [9.17, 15) is 4.79 Å². The van der Waals surface area contributed by atoms with Gasteiger partial charge >= 0.3 is 6.09 Å². The van der Waals surface area contributed by atoms with Crippen LogP contribution in [0.1, 0.15) is 45.1 Å². The Morgan fingerprint density at radius 3 is 2.40 bits per heavy atom. The number of halogens is 1. The first-order chi connectivity index (χ1) is 9.33. The number of benzene rings is 1. The van der Waals surface area contributed by atoms with E-state index in [1.54, 1.807) is 4.90 Å². The second kappa shape index (κ2) is 7.53. The quantitative estimate of drug-likeness (QED) is 0.743. The summed E-state index contributed by atoms with van der Waals surface area (Å²) in [6, 6.07) is 9.90. The number of carbonyl (C=O) groups excluding carboxylic acids is 1. The summed E-state index contributed by atoms with van der Waals surface area (Å²) in [4.78, 5) is 13.7. The summed E-state index contributed by atoms with van der Waals surface area (Å²) in [6.45, 7) is 8.75. The third kappa shape index (κ3) is 5.83. The summed E-state index contributed by atoms with van der Waals surface area (Å²) >= 11 is 6.37. The molecule has 4 heteroatoms. The molecule has 1 atom stereocenters. The Hall–Kier alpha value is -1.22. The SMILES string of the molecule is CCN(CCC(Cl)c1ccccc1)C(=O)OC(C)(C)C. The zero-order valence-corrected chi connectivity index (χ0v) is 13.5. The lowest BCUT2D eigenvalue weighted by Gasteiger charge is -2.27. The number of hydrogen-bond donors (Lipinski definition) is 0. The molecule has 0 heterocycles. The van der Waals surface area contributed by atoms with Gasteiger partial charge in [-0.25, -0.2) is 4.79 Å². The van der Waals surface area contributed by atoms with Crippen LogP contribution in [0.5, 0.6) is 0 Å². The van der Waals surface area contributed by atoms with Crippen LogP contribution in [-0.4, -0.2) is 29.7 Å². The van der Waals surface area contributed by atoms with Crippen molar-refractivity contribution < 1.29 is 9.53 Å². The van der Waals surface area contributed by atoms with Gasteiger partial charge < -0.3 is 9.64 Å². The van der Waals surface area contributed by atoms with Crippen molar-refractivity contribution in [3.8, 4) is 0 Å². The first-order valence-electron chi connectivity index (χ1n) is 7.00. The van der Waals surface area contributed by atoms with Crippen molar-refractivity contribution in [1.29, 1.82) is 0 Å². The highest BCUT2D eigenvalue weighted by molar-refractivity contribution is 6.20. The van der Waals surface area contributed by atoms with Gasteiger partial charge in [0.05, 0.1) is 5.38 Å². The molecular formula is C16H24ClNO2. The molecule has 0 aliphatic heterocycles. The molecule has 0 saturated carbocycles. The van der Waals surface area contributed by atoms with Crippen LogP contribution in [-0.2, 0) is 4.74 Å². The third-order valence-corrected chi connectivity index (χ3v) is 3.32. The second-order valence-electron chi connectivity index (χ2n) is 5.73. The first kappa shape index (κ1) is 16.8. The van der Waals surface area contributed by atoms with Crippen molar-refractivity contribution in [3.63, 3.8) is 0 Å². The Bertz CT molecular complexity index is 414. The van der Waals surface area contributed by atoms with Crippen LogP contribution in [0.4, 0.5) is 4.79 Å². The largest absolute Gasteiger partial charge is 0.444 e. The van der Waals surface area contributed by atoms with Crippen LogP contribution in [0.3, 0.4) is 0 Å². The predicted molar refractivity (Wildman–Crippen MR) is 83.1 cm³/mol. The molecule has 0 saturated heterocycles. The predicted octanol–water partition coefficient (Wildman–Crippen LogP) is 4.61. The maximum atomic E-state index is 12.0. The minimum Gasteiger partial charge on any atom is -0.444 e. The van der Waals surface area contributed by atoms with Gasteiger partial charge in [0.25, 0.3) is 0 Å². The Morgan fingerprint density at radius 1 is 1.30 bits per heavy atom. The van der Waals surface area contributed by atoms with E-state index < -0.39 is 5.60 Å². The number of ether oxygens (including phenoxy) is 1. The molecule has 1 unspecified atom stereocenters. The smallest absolute Gasteiger partial charge is 0.410 e. The highest BCUT2D eigenvalue weighted by Crippen LogP contribution is 2.24. The fourth-order valence-electron chi connectivity index (χ4n) is 1.80. The van der Waals surface area contributed by atoms with Gasteiger partial charge in [-0.3, -0.25) is 0 Å². The van der Waals surface area contributed by atoms with E-state index in [2.05, 4.69) is 0 Å². The Balaban J connectivity index is 2.51. The van der Waals surface area contributed by atoms with Gasteiger partial charge in [0, 0.05) is 13.1 Å². The molecule has 0 spiro atoms. The molecule has 3 nitrogen and oxygen atoms in total. The maximum Gasteiger partial charge on any atom is 0.410 e. The summed E-state index contributed by atoms with van der Waals surface area (Å²) in [5.74, 6) is 0. The summed E-state index contributed by atoms with van der Waals surface area (Å²) in [6.07, 6.45) is 0.426. The van der Waals surface area contributed by atoms with Crippen molar-refractivity contribution in [2.75, 3.05) is 13.1 Å². The van der Waals surface area contributed by atoms with Crippen molar-refractivity contribution in [1.82, 2.24) is 4.90 Å². The molecule has 1 amide bonds. The minimum absolute atomic E-state index is 0.0901. The molecule has 1 aromatic carbocycles. The monoisotopic (exact) mass is 297 g/mol. The number of hydrogen-bond acceptors (Lipinski definition) is 2. The van der Waals surface area contributed by atoms with E-state index in [1.807, 2.05) is 58.0 Å². The Morgan fingerprint density at radius 2 is 1.90 bits per heavy atom. The van der Waals surface area contributed by atoms with Crippen LogP contribution in [0.15, 0.2) is 30.3 Å². The van der Waals surface area contributed by atoms with Crippen molar-refractivity contribution in [2.45, 2.75) is 45.1 Å². The molecule has 1 aromatic rings. The molecule has 0 bridgehead atoms. The number of carbonyl (C=O) groups is 1. The minimum atomic E-state index is -0.468. The van der Waals surface area contributed by atoms with Gasteiger partial charge in [-0.2, -0.15) is 0 Å². The van der Waals surface area contributed by atoms with Gasteiger partial charge in [0.15, 0.2) is 0 Å². The van der Waals surface area contributed by atoms with Gasteiger partial charge in [0.2, 0.25) is 0 Å². The van der Waals surface area contributed by atoms with Crippen LogP contribution >= 0.6 is 11.6 Å². The molecule has 0 aliphatic rings. The van der Waals surface area contributed by atoms with Crippen LogP contribution in [0, 0.1) is 0 Å². The summed E-state index contributed by atoms with van der Waals surface area (Å²) in [5.41, 5.74) is 0.610. The van der Waals surface area contributed by atoms with Gasteiger partial charge in [0.1, 0.15) is 5.60 Å². The molecular weight excluding hydrogens is 274 g/mol. The topological polar surface area (TPSA) is 29.5 Å². The lowest BCUT2D eigenvalue weighted by molar-refractivity contribution is 0.0258. The summed E-state index contributed by atoms with van der Waals surface area (Å²) in [5, 5.41) is -0.0901. The van der Waals surface area contributed by atoms with E-state index in [4.69, 9.17) is 16.3 Å². The third-order valence-electron chi connectivity index (χ3n) is 2.85. The Labute approximate surface area is 126 Å².